The second-order valence-electron chi connectivity index (χ2n) is 6.62. The van der Waals surface area contributed by atoms with E-state index < -0.39 is 5.97 Å². The van der Waals surface area contributed by atoms with Gasteiger partial charge in [-0.15, -0.1) is 0 Å². The molecule has 140 valence electrons. The summed E-state index contributed by atoms with van der Waals surface area (Å²) in [4.78, 5) is 18.3. The molecule has 3 aromatic rings. The van der Waals surface area contributed by atoms with Crippen molar-refractivity contribution >= 4 is 22.6 Å². The van der Waals surface area contributed by atoms with E-state index in [4.69, 9.17) is 9.72 Å². The van der Waals surface area contributed by atoms with Gasteiger partial charge in [0.15, 0.2) is 0 Å². The van der Waals surface area contributed by atoms with Gasteiger partial charge < -0.3 is 14.7 Å². The van der Waals surface area contributed by atoms with Gasteiger partial charge in [-0.05, 0) is 50.2 Å². The van der Waals surface area contributed by atoms with Crippen LogP contribution >= 0.6 is 0 Å². The number of halogens is 1. The van der Waals surface area contributed by atoms with E-state index in [1.54, 1.807) is 24.3 Å². The molecule has 0 aliphatic heterocycles. The molecular formula is C21H21FN2O3. The van der Waals surface area contributed by atoms with Gasteiger partial charge in [-0.1, -0.05) is 0 Å². The molecular weight excluding hydrogens is 347 g/mol. The van der Waals surface area contributed by atoms with Crippen molar-refractivity contribution in [3.63, 3.8) is 0 Å². The molecule has 0 radical (unpaired) electrons. The minimum Gasteiger partial charge on any atom is -0.496 e. The van der Waals surface area contributed by atoms with E-state index in [1.165, 1.54) is 19.2 Å². The van der Waals surface area contributed by atoms with Crippen LogP contribution in [-0.4, -0.2) is 36.3 Å². The summed E-state index contributed by atoms with van der Waals surface area (Å²) in [5.41, 5.74) is 3.01. The van der Waals surface area contributed by atoms with Gasteiger partial charge in [0.25, 0.3) is 0 Å². The number of carboxylic acid groups (broad SMARTS) is 1. The van der Waals surface area contributed by atoms with Crippen molar-refractivity contribution in [2.24, 2.45) is 0 Å². The monoisotopic (exact) mass is 368 g/mol. The Bertz CT molecular complexity index is 1000. The third-order valence-electron chi connectivity index (χ3n) is 4.62. The number of rotatable bonds is 5. The molecule has 5 nitrogen and oxygen atoms in total. The Hall–Kier alpha value is -3.15. The number of aromatic nitrogens is 1. The average molecular weight is 368 g/mol. The summed E-state index contributed by atoms with van der Waals surface area (Å²) < 4.78 is 18.6. The Morgan fingerprint density at radius 1 is 1.19 bits per heavy atom. The van der Waals surface area contributed by atoms with Crippen LogP contribution in [0.25, 0.3) is 22.2 Å². The SMILES string of the molecule is COc1cc2nc(-c3ccc(F)cc3)c(N(C)C(C)C)cc2cc1C(=O)O. The fraction of sp³-hybridized carbons (Fsp3) is 0.238. The molecule has 0 unspecified atom stereocenters. The number of ether oxygens (including phenoxy) is 1. The zero-order chi connectivity index (χ0) is 19.7. The predicted molar refractivity (Wildman–Crippen MR) is 104 cm³/mol. The van der Waals surface area contributed by atoms with E-state index >= 15 is 0 Å². The molecule has 1 N–H and O–H groups in total. The van der Waals surface area contributed by atoms with Gasteiger partial charge in [0.1, 0.15) is 17.1 Å². The van der Waals surface area contributed by atoms with Gasteiger partial charge in [-0.2, -0.15) is 0 Å². The minimum absolute atomic E-state index is 0.0829. The van der Waals surface area contributed by atoms with Crippen LogP contribution in [0.4, 0.5) is 10.1 Å². The fourth-order valence-electron chi connectivity index (χ4n) is 2.89. The highest BCUT2D eigenvalue weighted by Gasteiger charge is 2.18. The number of carbonyl (C=O) groups is 1. The van der Waals surface area contributed by atoms with Crippen molar-refractivity contribution in [3.8, 4) is 17.0 Å². The van der Waals surface area contributed by atoms with Crippen molar-refractivity contribution in [3.05, 3.63) is 53.8 Å². The minimum atomic E-state index is -1.06. The van der Waals surface area contributed by atoms with Gasteiger partial charge in [0, 0.05) is 30.1 Å². The van der Waals surface area contributed by atoms with E-state index in [9.17, 15) is 14.3 Å². The zero-order valence-electron chi connectivity index (χ0n) is 15.7. The maximum Gasteiger partial charge on any atom is 0.339 e. The lowest BCUT2D eigenvalue weighted by Crippen LogP contribution is -2.26. The van der Waals surface area contributed by atoms with E-state index in [1.807, 2.05) is 13.1 Å². The molecule has 0 amide bonds. The highest BCUT2D eigenvalue weighted by Crippen LogP contribution is 2.35. The molecule has 3 rings (SSSR count). The number of methoxy groups -OCH3 is 1. The summed E-state index contributed by atoms with van der Waals surface area (Å²) in [7, 11) is 3.37. The smallest absolute Gasteiger partial charge is 0.339 e. The summed E-state index contributed by atoms with van der Waals surface area (Å²) in [5, 5.41) is 10.1. The van der Waals surface area contributed by atoms with Gasteiger partial charge in [-0.3, -0.25) is 0 Å². The van der Waals surface area contributed by atoms with E-state index in [0.717, 1.165) is 11.3 Å². The number of pyridine rings is 1. The van der Waals surface area contributed by atoms with Crippen LogP contribution in [0, 0.1) is 5.82 Å². The number of benzene rings is 2. The molecule has 6 heteroatoms. The zero-order valence-corrected chi connectivity index (χ0v) is 15.7. The summed E-state index contributed by atoms with van der Waals surface area (Å²) in [6.45, 7) is 4.10. The van der Waals surface area contributed by atoms with Crippen molar-refractivity contribution in [2.45, 2.75) is 19.9 Å². The maximum absolute atomic E-state index is 13.4. The Labute approximate surface area is 157 Å². The largest absolute Gasteiger partial charge is 0.496 e. The van der Waals surface area contributed by atoms with Crippen LogP contribution in [-0.2, 0) is 0 Å². The first kappa shape index (κ1) is 18.6. The molecule has 0 atom stereocenters. The van der Waals surface area contributed by atoms with Gasteiger partial charge in [0.05, 0.1) is 24.0 Å². The molecule has 1 heterocycles. The number of nitrogens with zero attached hydrogens (tertiary/aromatic N) is 2. The predicted octanol–water partition coefficient (Wildman–Crippen LogP) is 4.59. The second-order valence-corrected chi connectivity index (χ2v) is 6.62. The Morgan fingerprint density at radius 2 is 1.85 bits per heavy atom. The van der Waals surface area contributed by atoms with E-state index in [2.05, 4.69) is 18.7 Å². The third-order valence-corrected chi connectivity index (χ3v) is 4.62. The van der Waals surface area contributed by atoms with Crippen LogP contribution in [0.3, 0.4) is 0 Å². The summed E-state index contributed by atoms with van der Waals surface area (Å²) in [6, 6.07) is 11.4. The fourth-order valence-corrected chi connectivity index (χ4v) is 2.89. The molecule has 0 fully saturated rings. The van der Waals surface area contributed by atoms with E-state index in [-0.39, 0.29) is 23.2 Å². The lowest BCUT2D eigenvalue weighted by molar-refractivity contribution is 0.0693. The Kier molecular flexibility index (Phi) is 4.99. The third kappa shape index (κ3) is 3.56. The lowest BCUT2D eigenvalue weighted by atomic mass is 10.0. The Morgan fingerprint density at radius 3 is 2.41 bits per heavy atom. The number of carboxylic acids is 1. The maximum atomic E-state index is 13.4. The van der Waals surface area contributed by atoms with E-state index in [0.29, 0.717) is 16.6 Å². The van der Waals surface area contributed by atoms with Gasteiger partial charge >= 0.3 is 5.97 Å². The average Bonchev–Trinajstić information content (AvgIpc) is 2.65. The summed E-state index contributed by atoms with van der Waals surface area (Å²) in [5.74, 6) is -1.13. The Balaban J connectivity index is 2.31. The molecule has 0 saturated carbocycles. The van der Waals surface area contributed by atoms with Gasteiger partial charge in [-0.25, -0.2) is 14.2 Å². The highest BCUT2D eigenvalue weighted by atomic mass is 19.1. The molecule has 0 spiro atoms. The van der Waals surface area contributed by atoms with Crippen molar-refractivity contribution in [2.75, 3.05) is 19.1 Å². The van der Waals surface area contributed by atoms with Crippen molar-refractivity contribution in [1.82, 2.24) is 4.98 Å². The molecule has 0 bridgehead atoms. The first-order chi connectivity index (χ1) is 12.8. The van der Waals surface area contributed by atoms with Crippen molar-refractivity contribution < 1.29 is 19.0 Å². The van der Waals surface area contributed by atoms with Crippen LogP contribution in [0.5, 0.6) is 5.75 Å². The van der Waals surface area contributed by atoms with Crippen LogP contribution < -0.4 is 9.64 Å². The number of aromatic carboxylic acids is 1. The normalized spacial score (nSPS) is 11.0. The molecule has 0 aliphatic rings. The quantitative estimate of drug-likeness (QED) is 0.713. The molecule has 1 aromatic heterocycles. The standard InChI is InChI=1S/C21H21FN2O3/c1-12(2)24(3)18-10-14-9-16(21(25)26)19(27-4)11-17(14)23-20(18)13-5-7-15(22)8-6-13/h5-12H,1-4H3,(H,25,26). The molecule has 0 saturated heterocycles. The lowest BCUT2D eigenvalue weighted by Gasteiger charge is -2.26. The molecule has 2 aromatic carbocycles. The van der Waals surface area contributed by atoms with Crippen LogP contribution in [0.1, 0.15) is 24.2 Å². The van der Waals surface area contributed by atoms with Gasteiger partial charge in [0.2, 0.25) is 0 Å². The molecule has 0 aliphatic carbocycles. The highest BCUT2D eigenvalue weighted by molar-refractivity contribution is 5.98. The number of fused-ring (bicyclic) bond motifs is 1. The topological polar surface area (TPSA) is 62.7 Å². The summed E-state index contributed by atoms with van der Waals surface area (Å²) in [6.07, 6.45) is 0. The number of anilines is 1. The second kappa shape index (κ2) is 7.23. The summed E-state index contributed by atoms with van der Waals surface area (Å²) >= 11 is 0. The number of hydrogen-bond donors (Lipinski definition) is 1. The molecule has 27 heavy (non-hydrogen) atoms. The van der Waals surface area contributed by atoms with Crippen molar-refractivity contribution in [1.29, 1.82) is 0 Å². The van der Waals surface area contributed by atoms with Crippen LogP contribution in [0.15, 0.2) is 42.5 Å². The first-order valence-corrected chi connectivity index (χ1v) is 8.56. The first-order valence-electron chi connectivity index (χ1n) is 8.56. The number of hydrogen-bond acceptors (Lipinski definition) is 4. The van der Waals surface area contributed by atoms with Crippen LogP contribution in [0.2, 0.25) is 0 Å².